The topological polar surface area (TPSA) is 52.7 Å². The van der Waals surface area contributed by atoms with Crippen molar-refractivity contribution < 1.29 is 18.4 Å². The Hall–Kier alpha value is -2.80. The van der Waals surface area contributed by atoms with E-state index < -0.39 is 11.6 Å². The van der Waals surface area contributed by atoms with Crippen LogP contribution in [0, 0.1) is 11.6 Å². The summed E-state index contributed by atoms with van der Waals surface area (Å²) < 4.78 is 26.7. The zero-order valence-corrected chi connectivity index (χ0v) is 16.3. The maximum absolute atomic E-state index is 13.7. The van der Waals surface area contributed by atoms with E-state index in [1.54, 1.807) is 41.1 Å². The average Bonchev–Trinajstić information content (AvgIpc) is 2.65. The van der Waals surface area contributed by atoms with Gasteiger partial charge in [0, 0.05) is 42.5 Å². The molecule has 2 aromatic carbocycles. The number of anilines is 1. The number of carbonyl (C=O) groups excluding carboxylic acids is 2. The number of likely N-dealkylation sites (N-methyl/N-ethyl adjacent to an activating group) is 1. The minimum absolute atomic E-state index is 0.0189. The molecule has 2 amide bonds. The van der Waals surface area contributed by atoms with Crippen LogP contribution in [-0.2, 0) is 11.3 Å². The SMILES string of the molecule is CCN(CC)C(=O)c1cccc(NC(=O)CN(C)Cc2ccc(F)cc2F)c1. The number of benzene rings is 2. The second kappa shape index (κ2) is 9.94. The molecule has 0 fully saturated rings. The fraction of sp³-hybridized carbons (Fsp3) is 0.333. The van der Waals surface area contributed by atoms with Crippen molar-refractivity contribution in [2.45, 2.75) is 20.4 Å². The van der Waals surface area contributed by atoms with E-state index in [0.717, 1.165) is 6.07 Å². The lowest BCUT2D eigenvalue weighted by Gasteiger charge is -2.19. The highest BCUT2D eigenvalue weighted by molar-refractivity contribution is 5.97. The fourth-order valence-electron chi connectivity index (χ4n) is 2.87. The van der Waals surface area contributed by atoms with E-state index in [1.807, 2.05) is 13.8 Å². The summed E-state index contributed by atoms with van der Waals surface area (Å²) in [5.74, 6) is -1.67. The maximum Gasteiger partial charge on any atom is 0.253 e. The van der Waals surface area contributed by atoms with Crippen LogP contribution in [0.2, 0.25) is 0 Å². The lowest BCUT2D eigenvalue weighted by molar-refractivity contribution is -0.117. The van der Waals surface area contributed by atoms with Gasteiger partial charge in [-0.1, -0.05) is 12.1 Å². The average molecular weight is 389 g/mol. The van der Waals surface area contributed by atoms with Crippen molar-refractivity contribution in [2.24, 2.45) is 0 Å². The minimum Gasteiger partial charge on any atom is -0.339 e. The second-order valence-electron chi connectivity index (χ2n) is 6.51. The minimum atomic E-state index is -0.644. The smallest absolute Gasteiger partial charge is 0.253 e. The van der Waals surface area contributed by atoms with Gasteiger partial charge >= 0.3 is 0 Å². The third-order valence-electron chi connectivity index (χ3n) is 4.31. The van der Waals surface area contributed by atoms with E-state index in [2.05, 4.69) is 5.32 Å². The molecule has 7 heteroatoms. The summed E-state index contributed by atoms with van der Waals surface area (Å²) in [6.45, 7) is 5.22. The van der Waals surface area contributed by atoms with Gasteiger partial charge in [0.25, 0.3) is 5.91 Å². The molecule has 0 aliphatic carbocycles. The van der Waals surface area contributed by atoms with Crippen molar-refractivity contribution in [2.75, 3.05) is 32.0 Å². The van der Waals surface area contributed by atoms with Crippen LogP contribution < -0.4 is 5.32 Å². The number of nitrogens with one attached hydrogen (secondary N) is 1. The Kier molecular flexibility index (Phi) is 7.63. The molecule has 0 saturated carbocycles. The van der Waals surface area contributed by atoms with Crippen molar-refractivity contribution in [3.63, 3.8) is 0 Å². The van der Waals surface area contributed by atoms with Crippen molar-refractivity contribution in [1.29, 1.82) is 0 Å². The molecule has 0 unspecified atom stereocenters. The van der Waals surface area contributed by atoms with Crippen molar-refractivity contribution in [1.82, 2.24) is 9.80 Å². The highest BCUT2D eigenvalue weighted by Gasteiger charge is 2.14. The summed E-state index contributed by atoms with van der Waals surface area (Å²) in [5, 5.41) is 2.75. The van der Waals surface area contributed by atoms with Crippen LogP contribution in [-0.4, -0.2) is 48.3 Å². The summed E-state index contributed by atoms with van der Waals surface area (Å²) in [6.07, 6.45) is 0. The number of amides is 2. The number of carbonyl (C=O) groups is 2. The van der Waals surface area contributed by atoms with E-state index in [4.69, 9.17) is 0 Å². The van der Waals surface area contributed by atoms with Crippen LogP contribution in [0.5, 0.6) is 0 Å². The van der Waals surface area contributed by atoms with Gasteiger partial charge in [-0.05, 0) is 45.2 Å². The quantitative estimate of drug-likeness (QED) is 0.752. The fourth-order valence-corrected chi connectivity index (χ4v) is 2.87. The molecule has 1 N–H and O–H groups in total. The molecule has 28 heavy (non-hydrogen) atoms. The van der Waals surface area contributed by atoms with Gasteiger partial charge in [-0.25, -0.2) is 8.78 Å². The van der Waals surface area contributed by atoms with Crippen LogP contribution in [0.4, 0.5) is 14.5 Å². The van der Waals surface area contributed by atoms with Crippen LogP contribution in [0.15, 0.2) is 42.5 Å². The summed E-state index contributed by atoms with van der Waals surface area (Å²) in [6, 6.07) is 10.1. The maximum atomic E-state index is 13.7. The molecule has 0 bridgehead atoms. The molecule has 0 radical (unpaired) electrons. The molecule has 2 aromatic rings. The molecule has 0 aliphatic rings. The summed E-state index contributed by atoms with van der Waals surface area (Å²) in [4.78, 5) is 28.0. The molecule has 0 aliphatic heterocycles. The van der Waals surface area contributed by atoms with Gasteiger partial charge in [0.2, 0.25) is 5.91 Å². The second-order valence-corrected chi connectivity index (χ2v) is 6.51. The lowest BCUT2D eigenvalue weighted by Crippen LogP contribution is -2.31. The number of halogens is 2. The van der Waals surface area contributed by atoms with Gasteiger partial charge in [-0.2, -0.15) is 0 Å². The number of nitrogens with zero attached hydrogens (tertiary/aromatic N) is 2. The van der Waals surface area contributed by atoms with Crippen LogP contribution in [0.25, 0.3) is 0 Å². The van der Waals surface area contributed by atoms with Crippen LogP contribution in [0.3, 0.4) is 0 Å². The Morgan fingerprint density at radius 1 is 1.04 bits per heavy atom. The molecule has 0 aromatic heterocycles. The normalized spacial score (nSPS) is 10.8. The number of hydrogen-bond acceptors (Lipinski definition) is 3. The standard InChI is InChI=1S/C21H25F2N3O2/c1-4-26(5-2)21(28)15-7-6-8-18(11-15)24-20(27)14-25(3)13-16-9-10-17(22)12-19(16)23/h6-12H,4-5,13-14H2,1-3H3,(H,24,27). The van der Waals surface area contributed by atoms with Gasteiger partial charge in [0.1, 0.15) is 11.6 Å². The van der Waals surface area contributed by atoms with Crippen LogP contribution >= 0.6 is 0 Å². The molecule has 0 heterocycles. The van der Waals surface area contributed by atoms with Gasteiger partial charge in [-0.15, -0.1) is 0 Å². The monoisotopic (exact) mass is 389 g/mol. The Labute approximate surface area is 163 Å². The van der Waals surface area contributed by atoms with Crippen molar-refractivity contribution in [3.05, 3.63) is 65.2 Å². The summed E-state index contributed by atoms with van der Waals surface area (Å²) in [7, 11) is 1.67. The lowest BCUT2D eigenvalue weighted by atomic mass is 10.1. The first-order valence-electron chi connectivity index (χ1n) is 9.15. The van der Waals surface area contributed by atoms with Crippen molar-refractivity contribution >= 4 is 17.5 Å². The predicted octanol–water partition coefficient (Wildman–Crippen LogP) is 3.52. The molecule has 5 nitrogen and oxygen atoms in total. The largest absolute Gasteiger partial charge is 0.339 e. The van der Waals surface area contributed by atoms with Gasteiger partial charge in [0.05, 0.1) is 6.54 Å². The zero-order valence-electron chi connectivity index (χ0n) is 16.3. The Balaban J connectivity index is 1.97. The van der Waals surface area contributed by atoms with Gasteiger partial charge < -0.3 is 10.2 Å². The first-order valence-corrected chi connectivity index (χ1v) is 9.15. The number of rotatable bonds is 8. The molecule has 0 saturated heterocycles. The first-order chi connectivity index (χ1) is 13.3. The van der Waals surface area contributed by atoms with E-state index >= 15 is 0 Å². The Bertz CT molecular complexity index is 838. The van der Waals surface area contributed by atoms with E-state index in [1.165, 1.54) is 12.1 Å². The summed E-state index contributed by atoms with van der Waals surface area (Å²) >= 11 is 0. The van der Waals surface area contributed by atoms with Crippen LogP contribution in [0.1, 0.15) is 29.8 Å². The molecule has 0 spiro atoms. The molecule has 0 atom stereocenters. The van der Waals surface area contributed by atoms with Crippen molar-refractivity contribution in [3.8, 4) is 0 Å². The number of hydrogen-bond donors (Lipinski definition) is 1. The molecular weight excluding hydrogens is 364 g/mol. The first kappa shape index (κ1) is 21.5. The third kappa shape index (κ3) is 5.85. The highest BCUT2D eigenvalue weighted by Crippen LogP contribution is 2.14. The molecular formula is C21H25F2N3O2. The van der Waals surface area contributed by atoms with Gasteiger partial charge in [-0.3, -0.25) is 14.5 Å². The van der Waals surface area contributed by atoms with E-state index in [0.29, 0.717) is 29.9 Å². The van der Waals surface area contributed by atoms with Gasteiger partial charge in [0.15, 0.2) is 0 Å². The molecule has 2 rings (SSSR count). The zero-order chi connectivity index (χ0) is 20.7. The molecule has 150 valence electrons. The Morgan fingerprint density at radius 2 is 1.75 bits per heavy atom. The highest BCUT2D eigenvalue weighted by atomic mass is 19.1. The summed E-state index contributed by atoms with van der Waals surface area (Å²) in [5.41, 5.74) is 1.33. The third-order valence-corrected chi connectivity index (χ3v) is 4.31. The van der Waals surface area contributed by atoms with E-state index in [-0.39, 0.29) is 24.9 Å². The van der Waals surface area contributed by atoms with E-state index in [9.17, 15) is 18.4 Å². The predicted molar refractivity (Wildman–Crippen MR) is 105 cm³/mol. The Morgan fingerprint density at radius 3 is 2.39 bits per heavy atom.